The maximum Gasteiger partial charge on any atom is 0.185 e. The smallest absolute Gasteiger partial charge is 0.185 e. The van der Waals surface area contributed by atoms with Crippen molar-refractivity contribution in [1.29, 1.82) is 0 Å². The van der Waals surface area contributed by atoms with Crippen LogP contribution in [0.25, 0.3) is 6.08 Å². The lowest BCUT2D eigenvalue weighted by Crippen LogP contribution is -1.95. The molecule has 0 atom stereocenters. The van der Waals surface area contributed by atoms with Crippen LogP contribution in [0.3, 0.4) is 0 Å². The van der Waals surface area contributed by atoms with E-state index in [0.29, 0.717) is 0 Å². The molecule has 0 spiro atoms. The zero-order chi connectivity index (χ0) is 14.0. The van der Waals surface area contributed by atoms with Gasteiger partial charge in [-0.05, 0) is 39.0 Å². The molecule has 3 nitrogen and oxygen atoms in total. The molecule has 0 unspecified atom stereocenters. The van der Waals surface area contributed by atoms with Crippen molar-refractivity contribution in [1.82, 2.24) is 9.78 Å². The number of benzene rings is 1. The highest BCUT2D eigenvalue weighted by Gasteiger charge is 2.07. The number of ketones is 1. The van der Waals surface area contributed by atoms with Gasteiger partial charge in [0.15, 0.2) is 5.78 Å². The number of allylic oxidation sites excluding steroid dienone is 1. The molecule has 98 valence electrons. The predicted octanol–water partition coefficient (Wildman–Crippen LogP) is 3.24. The van der Waals surface area contributed by atoms with Gasteiger partial charge in [-0.1, -0.05) is 23.8 Å². The summed E-state index contributed by atoms with van der Waals surface area (Å²) in [5.41, 5.74) is 4.83. The minimum absolute atomic E-state index is 0.0198. The molecule has 0 aliphatic rings. The average Bonchev–Trinajstić information content (AvgIpc) is 2.61. The van der Waals surface area contributed by atoms with E-state index in [4.69, 9.17) is 0 Å². The number of rotatable bonds is 3. The molecule has 0 saturated heterocycles. The number of hydrogen-bond donors (Lipinski definition) is 0. The van der Waals surface area contributed by atoms with Gasteiger partial charge in [0.2, 0.25) is 0 Å². The summed E-state index contributed by atoms with van der Waals surface area (Å²) in [6.07, 6.45) is 3.47. The molecule has 0 aliphatic carbocycles. The Balaban J connectivity index is 2.26. The summed E-state index contributed by atoms with van der Waals surface area (Å²) in [6.45, 7) is 5.93. The summed E-state index contributed by atoms with van der Waals surface area (Å²) >= 11 is 0. The summed E-state index contributed by atoms with van der Waals surface area (Å²) in [6, 6.07) is 7.62. The van der Waals surface area contributed by atoms with E-state index >= 15 is 0 Å². The molecule has 0 aliphatic heterocycles. The standard InChI is InChI=1S/C16H18N2O/c1-11-6-5-7-14(10-11)16(19)9-8-15-12(2)17-18(4)13(15)3/h5-10H,1-4H3/b9-8+. The summed E-state index contributed by atoms with van der Waals surface area (Å²) in [7, 11) is 1.90. The maximum atomic E-state index is 12.1. The van der Waals surface area contributed by atoms with E-state index < -0.39 is 0 Å². The second kappa shape index (κ2) is 5.22. The second-order valence-corrected chi connectivity index (χ2v) is 4.78. The highest BCUT2D eigenvalue weighted by atomic mass is 16.1. The normalized spacial score (nSPS) is 11.2. The van der Waals surface area contributed by atoms with Crippen LogP contribution in [0.15, 0.2) is 30.3 Å². The number of hydrogen-bond acceptors (Lipinski definition) is 2. The molecule has 0 amide bonds. The van der Waals surface area contributed by atoms with Gasteiger partial charge in [0.05, 0.1) is 5.69 Å². The van der Waals surface area contributed by atoms with E-state index in [-0.39, 0.29) is 5.78 Å². The van der Waals surface area contributed by atoms with Gasteiger partial charge < -0.3 is 0 Å². The Labute approximate surface area is 113 Å². The number of carbonyl (C=O) groups excluding carboxylic acids is 1. The molecule has 0 saturated carbocycles. The largest absolute Gasteiger partial charge is 0.289 e. The summed E-state index contributed by atoms with van der Waals surface area (Å²) in [5, 5.41) is 4.33. The molecule has 0 radical (unpaired) electrons. The molecule has 1 aromatic heterocycles. The fraction of sp³-hybridized carbons (Fsp3) is 0.250. The van der Waals surface area contributed by atoms with E-state index in [0.717, 1.165) is 28.1 Å². The maximum absolute atomic E-state index is 12.1. The van der Waals surface area contributed by atoms with Crippen molar-refractivity contribution in [3.63, 3.8) is 0 Å². The third kappa shape index (κ3) is 2.81. The average molecular weight is 254 g/mol. The quantitative estimate of drug-likeness (QED) is 0.622. The van der Waals surface area contributed by atoms with Gasteiger partial charge in [0.25, 0.3) is 0 Å². The van der Waals surface area contributed by atoms with Crippen LogP contribution in [0.2, 0.25) is 0 Å². The number of aromatic nitrogens is 2. The van der Waals surface area contributed by atoms with Crippen molar-refractivity contribution in [3.8, 4) is 0 Å². The zero-order valence-electron chi connectivity index (χ0n) is 11.8. The molecule has 19 heavy (non-hydrogen) atoms. The first-order valence-electron chi connectivity index (χ1n) is 6.28. The van der Waals surface area contributed by atoms with Crippen LogP contribution in [0.4, 0.5) is 0 Å². The zero-order valence-corrected chi connectivity index (χ0v) is 11.8. The lowest BCUT2D eigenvalue weighted by Gasteiger charge is -1.98. The SMILES string of the molecule is Cc1cccc(C(=O)/C=C/c2c(C)nn(C)c2C)c1. The minimum Gasteiger partial charge on any atom is -0.289 e. The molecule has 2 aromatic rings. The van der Waals surface area contributed by atoms with Crippen LogP contribution >= 0.6 is 0 Å². The Bertz CT molecular complexity index is 651. The van der Waals surface area contributed by atoms with Crippen molar-refractivity contribution < 1.29 is 4.79 Å². The first-order chi connectivity index (χ1) is 8.99. The number of aryl methyl sites for hydroxylation is 3. The highest BCUT2D eigenvalue weighted by molar-refractivity contribution is 6.07. The lowest BCUT2D eigenvalue weighted by molar-refractivity contribution is 0.104. The molecule has 0 fully saturated rings. The Morgan fingerprint density at radius 1 is 1.26 bits per heavy atom. The molecule has 0 N–H and O–H groups in total. The highest BCUT2D eigenvalue weighted by Crippen LogP contribution is 2.14. The molecule has 1 aromatic carbocycles. The van der Waals surface area contributed by atoms with Crippen LogP contribution in [-0.2, 0) is 7.05 Å². The van der Waals surface area contributed by atoms with Gasteiger partial charge in [-0.25, -0.2) is 0 Å². The van der Waals surface area contributed by atoms with E-state index in [9.17, 15) is 4.79 Å². The van der Waals surface area contributed by atoms with Crippen molar-refractivity contribution in [3.05, 3.63) is 58.4 Å². The van der Waals surface area contributed by atoms with Gasteiger partial charge in [-0.3, -0.25) is 9.48 Å². The third-order valence-corrected chi connectivity index (χ3v) is 3.27. The van der Waals surface area contributed by atoms with Crippen molar-refractivity contribution in [2.45, 2.75) is 20.8 Å². The fourth-order valence-electron chi connectivity index (χ4n) is 2.08. The monoisotopic (exact) mass is 254 g/mol. The van der Waals surface area contributed by atoms with Crippen LogP contribution in [0, 0.1) is 20.8 Å². The Morgan fingerprint density at radius 3 is 2.58 bits per heavy atom. The van der Waals surface area contributed by atoms with Crippen LogP contribution in [0.1, 0.15) is 32.9 Å². The summed E-state index contributed by atoms with van der Waals surface area (Å²) in [4.78, 5) is 12.1. The minimum atomic E-state index is 0.0198. The van der Waals surface area contributed by atoms with Crippen LogP contribution in [-0.4, -0.2) is 15.6 Å². The molecule has 0 bridgehead atoms. The van der Waals surface area contributed by atoms with E-state index in [1.807, 2.05) is 62.8 Å². The van der Waals surface area contributed by atoms with Gasteiger partial charge in [-0.2, -0.15) is 5.10 Å². The third-order valence-electron chi connectivity index (χ3n) is 3.27. The number of carbonyl (C=O) groups is 1. The Hall–Kier alpha value is -2.16. The van der Waals surface area contributed by atoms with Gasteiger partial charge in [0, 0.05) is 23.9 Å². The lowest BCUT2D eigenvalue weighted by atomic mass is 10.1. The Morgan fingerprint density at radius 2 is 2.00 bits per heavy atom. The molecular weight excluding hydrogens is 236 g/mol. The Kier molecular flexibility index (Phi) is 3.65. The molecule has 3 heteroatoms. The molecule has 2 rings (SSSR count). The molecular formula is C16H18N2O. The summed E-state index contributed by atoms with van der Waals surface area (Å²) in [5.74, 6) is 0.0198. The van der Waals surface area contributed by atoms with Crippen molar-refractivity contribution >= 4 is 11.9 Å². The van der Waals surface area contributed by atoms with Crippen molar-refractivity contribution in [2.75, 3.05) is 0 Å². The first kappa shape index (κ1) is 13.3. The fourth-order valence-corrected chi connectivity index (χ4v) is 2.08. The van der Waals surface area contributed by atoms with E-state index in [2.05, 4.69) is 5.10 Å². The second-order valence-electron chi connectivity index (χ2n) is 4.78. The predicted molar refractivity (Wildman–Crippen MR) is 77.2 cm³/mol. The van der Waals surface area contributed by atoms with E-state index in [1.54, 1.807) is 6.08 Å². The van der Waals surface area contributed by atoms with Gasteiger partial charge in [-0.15, -0.1) is 0 Å². The topological polar surface area (TPSA) is 34.9 Å². The van der Waals surface area contributed by atoms with Crippen LogP contribution < -0.4 is 0 Å². The van der Waals surface area contributed by atoms with Gasteiger partial charge in [0.1, 0.15) is 0 Å². The van der Waals surface area contributed by atoms with Crippen LogP contribution in [0.5, 0.6) is 0 Å². The molecule has 1 heterocycles. The van der Waals surface area contributed by atoms with E-state index in [1.165, 1.54) is 0 Å². The van der Waals surface area contributed by atoms with Gasteiger partial charge >= 0.3 is 0 Å². The first-order valence-corrected chi connectivity index (χ1v) is 6.28. The van der Waals surface area contributed by atoms with Crippen molar-refractivity contribution in [2.24, 2.45) is 7.05 Å². The summed E-state index contributed by atoms with van der Waals surface area (Å²) < 4.78 is 1.83. The number of nitrogens with zero attached hydrogens (tertiary/aromatic N) is 2.